The quantitative estimate of drug-likeness (QED) is 0.730. The van der Waals surface area contributed by atoms with E-state index in [0.29, 0.717) is 0 Å². The molecule has 0 aliphatic heterocycles. The summed E-state index contributed by atoms with van der Waals surface area (Å²) in [6.45, 7) is 6.50. The van der Waals surface area contributed by atoms with E-state index in [-0.39, 0.29) is 6.10 Å². The van der Waals surface area contributed by atoms with Crippen molar-refractivity contribution in [3.63, 3.8) is 0 Å². The maximum atomic E-state index is 9.50. The summed E-state index contributed by atoms with van der Waals surface area (Å²) in [5.74, 6) is 0. The summed E-state index contributed by atoms with van der Waals surface area (Å²) in [6, 6.07) is 0. The molecule has 1 aliphatic rings. The average molecular weight is 212 g/mol. The van der Waals surface area contributed by atoms with Gasteiger partial charge in [-0.2, -0.15) is 0 Å². The number of ether oxygens (including phenoxy) is 2. The van der Waals surface area contributed by atoms with Crippen LogP contribution in [0.4, 0.5) is 0 Å². The molecule has 0 aromatic heterocycles. The predicted molar refractivity (Wildman–Crippen MR) is 59.2 cm³/mol. The van der Waals surface area contributed by atoms with Crippen molar-refractivity contribution in [2.24, 2.45) is 0 Å². The smallest absolute Gasteiger partial charge is 0.270 e. The second-order valence-electron chi connectivity index (χ2n) is 4.75. The van der Waals surface area contributed by atoms with E-state index >= 15 is 0 Å². The zero-order valence-corrected chi connectivity index (χ0v) is 9.86. The molecule has 2 unspecified atom stereocenters. The molecule has 3 nitrogen and oxygen atoms in total. The number of aliphatic hydroxyl groups excluding tert-OH is 1. The van der Waals surface area contributed by atoms with Gasteiger partial charge in [-0.1, -0.05) is 23.8 Å². The highest BCUT2D eigenvalue weighted by Gasteiger charge is 2.20. The molecular formula is C12H20O3. The van der Waals surface area contributed by atoms with Gasteiger partial charge in [0, 0.05) is 0 Å². The summed E-state index contributed by atoms with van der Waals surface area (Å²) < 4.78 is 10.6. The van der Waals surface area contributed by atoms with E-state index in [4.69, 9.17) is 9.47 Å². The highest BCUT2D eigenvalue weighted by Crippen LogP contribution is 2.17. The molecule has 2 atom stereocenters. The summed E-state index contributed by atoms with van der Waals surface area (Å²) in [4.78, 5) is 0. The lowest BCUT2D eigenvalue weighted by Gasteiger charge is -2.26. The third-order valence-electron chi connectivity index (χ3n) is 1.99. The number of rotatable bonds is 3. The van der Waals surface area contributed by atoms with Gasteiger partial charge in [0.2, 0.25) is 0 Å². The van der Waals surface area contributed by atoms with Crippen molar-refractivity contribution in [1.82, 2.24) is 0 Å². The lowest BCUT2D eigenvalue weighted by atomic mass is 10.1. The van der Waals surface area contributed by atoms with Gasteiger partial charge in [0.25, 0.3) is 6.48 Å². The third kappa shape index (κ3) is 5.11. The molecule has 0 fully saturated rings. The van der Waals surface area contributed by atoms with Gasteiger partial charge in [0.05, 0.1) is 11.7 Å². The SMILES string of the molecule is CC1=CCC(OC(O)OC(C)(C)C)C=C1. The predicted octanol–water partition coefficient (Wildman–Crippen LogP) is 2.37. The van der Waals surface area contributed by atoms with Crippen molar-refractivity contribution in [1.29, 1.82) is 0 Å². The van der Waals surface area contributed by atoms with Crippen LogP contribution in [-0.4, -0.2) is 23.3 Å². The van der Waals surface area contributed by atoms with Gasteiger partial charge in [0.1, 0.15) is 0 Å². The summed E-state index contributed by atoms with van der Waals surface area (Å²) in [7, 11) is 0. The van der Waals surface area contributed by atoms with Crippen molar-refractivity contribution < 1.29 is 14.6 Å². The van der Waals surface area contributed by atoms with Crippen molar-refractivity contribution in [2.75, 3.05) is 0 Å². The van der Waals surface area contributed by atoms with Gasteiger partial charge in [0.15, 0.2) is 0 Å². The number of hydrogen-bond donors (Lipinski definition) is 1. The minimum absolute atomic E-state index is 0.0916. The zero-order valence-electron chi connectivity index (χ0n) is 9.86. The van der Waals surface area contributed by atoms with Gasteiger partial charge in [-0.3, -0.25) is 0 Å². The van der Waals surface area contributed by atoms with E-state index < -0.39 is 12.1 Å². The molecule has 1 N–H and O–H groups in total. The Balaban J connectivity index is 2.34. The minimum atomic E-state index is -1.16. The third-order valence-corrected chi connectivity index (χ3v) is 1.99. The first kappa shape index (κ1) is 12.4. The van der Waals surface area contributed by atoms with Crippen molar-refractivity contribution in [2.45, 2.75) is 52.3 Å². The first-order valence-corrected chi connectivity index (χ1v) is 5.23. The van der Waals surface area contributed by atoms with Gasteiger partial charge in [-0.15, -0.1) is 0 Å². The summed E-state index contributed by atoms with van der Waals surface area (Å²) in [6.07, 6.45) is 6.69. The van der Waals surface area contributed by atoms with Gasteiger partial charge >= 0.3 is 0 Å². The van der Waals surface area contributed by atoms with Crippen molar-refractivity contribution in [3.05, 3.63) is 23.8 Å². The maximum Gasteiger partial charge on any atom is 0.270 e. The average Bonchev–Trinajstić information content (AvgIpc) is 2.05. The molecular weight excluding hydrogens is 192 g/mol. The normalized spacial score (nSPS) is 23.8. The topological polar surface area (TPSA) is 38.7 Å². The monoisotopic (exact) mass is 212 g/mol. The Bertz CT molecular complexity index is 261. The summed E-state index contributed by atoms with van der Waals surface area (Å²) in [5.41, 5.74) is 0.824. The van der Waals surface area contributed by atoms with Crippen LogP contribution in [0.5, 0.6) is 0 Å². The Morgan fingerprint density at radius 2 is 2.13 bits per heavy atom. The standard InChI is InChI=1S/C12H20O3/c1-9-5-7-10(8-6-9)14-11(13)15-12(2,3)4/h5-7,10-11,13H,8H2,1-4H3. The molecule has 0 radical (unpaired) electrons. The first-order chi connectivity index (χ1) is 6.87. The fourth-order valence-electron chi connectivity index (χ4n) is 1.29. The molecule has 0 heterocycles. The molecule has 0 aromatic rings. The zero-order chi connectivity index (χ0) is 11.5. The minimum Gasteiger partial charge on any atom is -0.346 e. The molecule has 0 amide bonds. The Labute approximate surface area is 91.4 Å². The van der Waals surface area contributed by atoms with Crippen LogP contribution >= 0.6 is 0 Å². The molecule has 1 rings (SSSR count). The van der Waals surface area contributed by atoms with Crippen LogP contribution in [0.15, 0.2) is 23.8 Å². The molecule has 0 saturated heterocycles. The molecule has 0 bridgehead atoms. The van der Waals surface area contributed by atoms with Gasteiger partial charge in [-0.25, -0.2) is 0 Å². The highest BCUT2D eigenvalue weighted by atomic mass is 16.8. The highest BCUT2D eigenvalue weighted by molar-refractivity contribution is 5.21. The molecule has 15 heavy (non-hydrogen) atoms. The van der Waals surface area contributed by atoms with Gasteiger partial charge in [-0.05, 0) is 34.1 Å². The van der Waals surface area contributed by atoms with Crippen LogP contribution in [0.1, 0.15) is 34.1 Å². The Morgan fingerprint density at radius 3 is 2.60 bits per heavy atom. The first-order valence-electron chi connectivity index (χ1n) is 5.23. The van der Waals surface area contributed by atoms with Gasteiger partial charge < -0.3 is 14.6 Å². The van der Waals surface area contributed by atoms with E-state index in [1.54, 1.807) is 0 Å². The van der Waals surface area contributed by atoms with E-state index in [9.17, 15) is 5.11 Å². The fourth-order valence-corrected chi connectivity index (χ4v) is 1.29. The van der Waals surface area contributed by atoms with Crippen LogP contribution in [0, 0.1) is 0 Å². The summed E-state index contributed by atoms with van der Waals surface area (Å²) in [5, 5.41) is 9.50. The largest absolute Gasteiger partial charge is 0.346 e. The van der Waals surface area contributed by atoms with E-state index in [1.165, 1.54) is 5.57 Å². The Morgan fingerprint density at radius 1 is 1.47 bits per heavy atom. The fraction of sp³-hybridized carbons (Fsp3) is 0.667. The second-order valence-corrected chi connectivity index (χ2v) is 4.75. The molecule has 86 valence electrons. The molecule has 1 aliphatic carbocycles. The van der Waals surface area contributed by atoms with Crippen LogP contribution in [0.25, 0.3) is 0 Å². The number of hydrogen-bond acceptors (Lipinski definition) is 3. The van der Waals surface area contributed by atoms with Crippen LogP contribution in [-0.2, 0) is 9.47 Å². The molecule has 0 spiro atoms. The lowest BCUT2D eigenvalue weighted by Crippen LogP contribution is -2.32. The van der Waals surface area contributed by atoms with Crippen molar-refractivity contribution in [3.8, 4) is 0 Å². The number of allylic oxidation sites excluding steroid dienone is 2. The molecule has 0 saturated carbocycles. The summed E-state index contributed by atoms with van der Waals surface area (Å²) >= 11 is 0. The van der Waals surface area contributed by atoms with Crippen LogP contribution in [0.3, 0.4) is 0 Å². The van der Waals surface area contributed by atoms with E-state index in [1.807, 2.05) is 39.8 Å². The number of aliphatic hydroxyl groups is 1. The van der Waals surface area contributed by atoms with Crippen LogP contribution < -0.4 is 0 Å². The maximum absolute atomic E-state index is 9.50. The second kappa shape index (κ2) is 4.92. The Kier molecular flexibility index (Phi) is 4.08. The molecule has 3 heteroatoms. The lowest BCUT2D eigenvalue weighted by molar-refractivity contribution is -0.307. The van der Waals surface area contributed by atoms with Crippen LogP contribution in [0.2, 0.25) is 0 Å². The van der Waals surface area contributed by atoms with Crippen molar-refractivity contribution >= 4 is 0 Å². The Hall–Kier alpha value is -0.640. The molecule has 0 aromatic carbocycles. The van der Waals surface area contributed by atoms with E-state index in [0.717, 1.165) is 6.42 Å². The van der Waals surface area contributed by atoms with E-state index in [2.05, 4.69) is 6.08 Å².